The molecule has 1 saturated heterocycles. The molecule has 1 heterocycles. The lowest BCUT2D eigenvalue weighted by Gasteiger charge is -2.25. The van der Waals surface area contributed by atoms with Gasteiger partial charge in [-0.1, -0.05) is 72.3 Å². The highest BCUT2D eigenvalue weighted by Gasteiger charge is 2.45. The summed E-state index contributed by atoms with van der Waals surface area (Å²) in [7, 11) is 0. The molecule has 4 nitrogen and oxygen atoms in total. The molecule has 0 spiro atoms. The highest BCUT2D eigenvalue weighted by molar-refractivity contribution is 6.46. The number of carbonyl (C=O) groups is 2. The Labute approximate surface area is 173 Å². The molecule has 1 aliphatic rings. The number of halogens is 1. The number of nitrogens with zero attached hydrogens (tertiary/aromatic N) is 1. The van der Waals surface area contributed by atoms with Gasteiger partial charge in [-0.15, -0.1) is 0 Å². The van der Waals surface area contributed by atoms with E-state index in [1.807, 2.05) is 60.7 Å². The fraction of sp³-hybridized carbons (Fsp3) is 0.0833. The highest BCUT2D eigenvalue weighted by Crippen LogP contribution is 2.40. The third-order valence-corrected chi connectivity index (χ3v) is 5.22. The summed E-state index contributed by atoms with van der Waals surface area (Å²) in [6, 6.07) is 24.6. The first-order valence-corrected chi connectivity index (χ1v) is 9.57. The van der Waals surface area contributed by atoms with E-state index in [9.17, 15) is 14.7 Å². The Morgan fingerprint density at radius 1 is 0.862 bits per heavy atom. The lowest BCUT2D eigenvalue weighted by Crippen LogP contribution is -2.29. The molecule has 3 aromatic carbocycles. The van der Waals surface area contributed by atoms with E-state index in [-0.39, 0.29) is 17.9 Å². The third kappa shape index (κ3) is 3.67. The maximum atomic E-state index is 12.9. The van der Waals surface area contributed by atoms with Crippen molar-refractivity contribution in [2.45, 2.75) is 12.6 Å². The number of hydrogen-bond acceptors (Lipinski definition) is 3. The van der Waals surface area contributed by atoms with Gasteiger partial charge in [0.2, 0.25) is 0 Å². The Balaban J connectivity index is 1.85. The van der Waals surface area contributed by atoms with Gasteiger partial charge >= 0.3 is 0 Å². The minimum absolute atomic E-state index is 0.0828. The molecule has 1 atom stereocenters. The molecular weight excluding hydrogens is 386 g/mol. The van der Waals surface area contributed by atoms with Crippen LogP contribution < -0.4 is 0 Å². The van der Waals surface area contributed by atoms with Crippen LogP contribution in [0.4, 0.5) is 0 Å². The number of Topliss-reactive ketones (excluding diaryl/α,β-unsaturated/α-hetero) is 1. The van der Waals surface area contributed by atoms with Gasteiger partial charge in [0.05, 0.1) is 11.6 Å². The zero-order valence-electron chi connectivity index (χ0n) is 15.5. The second-order valence-electron chi connectivity index (χ2n) is 6.83. The van der Waals surface area contributed by atoms with Crippen LogP contribution in [0, 0.1) is 0 Å². The molecule has 0 saturated carbocycles. The summed E-state index contributed by atoms with van der Waals surface area (Å²) in [5.74, 6) is -1.52. The average molecular weight is 404 g/mol. The second kappa shape index (κ2) is 7.94. The summed E-state index contributed by atoms with van der Waals surface area (Å²) < 4.78 is 0. The lowest BCUT2D eigenvalue weighted by atomic mass is 9.95. The van der Waals surface area contributed by atoms with Gasteiger partial charge in [0.1, 0.15) is 5.76 Å². The topological polar surface area (TPSA) is 57.6 Å². The van der Waals surface area contributed by atoms with Gasteiger partial charge in [-0.05, 0) is 35.4 Å². The van der Waals surface area contributed by atoms with Crippen molar-refractivity contribution in [3.05, 3.63) is 112 Å². The Kier molecular flexibility index (Phi) is 5.19. The largest absolute Gasteiger partial charge is 0.507 e. The minimum Gasteiger partial charge on any atom is -0.507 e. The maximum Gasteiger partial charge on any atom is 0.295 e. The normalized spacial score (nSPS) is 18.2. The molecule has 29 heavy (non-hydrogen) atoms. The predicted molar refractivity (Wildman–Crippen MR) is 112 cm³/mol. The van der Waals surface area contributed by atoms with Crippen molar-refractivity contribution in [3.8, 4) is 0 Å². The van der Waals surface area contributed by atoms with Gasteiger partial charge in [-0.25, -0.2) is 0 Å². The van der Waals surface area contributed by atoms with Crippen LogP contribution in [0.2, 0.25) is 5.02 Å². The first-order chi connectivity index (χ1) is 14.1. The lowest BCUT2D eigenvalue weighted by molar-refractivity contribution is -0.140. The third-order valence-electron chi connectivity index (χ3n) is 4.97. The van der Waals surface area contributed by atoms with Gasteiger partial charge in [0.15, 0.2) is 0 Å². The van der Waals surface area contributed by atoms with Crippen LogP contribution in [-0.4, -0.2) is 21.7 Å². The molecule has 1 unspecified atom stereocenters. The van der Waals surface area contributed by atoms with Gasteiger partial charge < -0.3 is 10.0 Å². The quantitative estimate of drug-likeness (QED) is 0.380. The van der Waals surface area contributed by atoms with E-state index < -0.39 is 17.7 Å². The van der Waals surface area contributed by atoms with Crippen LogP contribution in [0.15, 0.2) is 90.5 Å². The van der Waals surface area contributed by atoms with E-state index in [0.717, 1.165) is 11.1 Å². The van der Waals surface area contributed by atoms with Gasteiger partial charge in [0, 0.05) is 17.1 Å². The number of aliphatic hydroxyl groups excluding tert-OH is 1. The van der Waals surface area contributed by atoms with Crippen molar-refractivity contribution < 1.29 is 14.7 Å². The first-order valence-electron chi connectivity index (χ1n) is 9.19. The Hall–Kier alpha value is -3.37. The molecule has 1 fully saturated rings. The molecule has 0 bridgehead atoms. The van der Waals surface area contributed by atoms with E-state index in [1.54, 1.807) is 24.3 Å². The zero-order valence-corrected chi connectivity index (χ0v) is 16.2. The standard InChI is InChI=1S/C24H18ClNO3/c25-19-13-11-18(12-14-19)22(27)20-21(17-9-5-2-6-10-17)26(24(29)23(20)28)15-16-7-3-1-4-8-16/h1-14,21,27H,15H2/b22-20-. The highest BCUT2D eigenvalue weighted by atomic mass is 35.5. The maximum absolute atomic E-state index is 12.9. The SMILES string of the molecule is O=C1C(=O)N(Cc2ccccc2)C(c2ccccc2)/C1=C(/O)c1ccc(Cl)cc1. The Morgan fingerprint density at radius 3 is 2.07 bits per heavy atom. The number of amides is 1. The van der Waals surface area contributed by atoms with Crippen LogP contribution >= 0.6 is 11.6 Å². The fourth-order valence-electron chi connectivity index (χ4n) is 3.57. The number of carbonyl (C=O) groups excluding carboxylic acids is 2. The Morgan fingerprint density at radius 2 is 1.45 bits per heavy atom. The van der Waals surface area contributed by atoms with E-state index in [2.05, 4.69) is 0 Å². The first kappa shape index (κ1) is 19.0. The second-order valence-corrected chi connectivity index (χ2v) is 7.27. The molecule has 0 aromatic heterocycles. The number of benzene rings is 3. The molecule has 1 N–H and O–H groups in total. The summed E-state index contributed by atoms with van der Waals surface area (Å²) in [6.45, 7) is 0.266. The molecule has 3 aromatic rings. The molecule has 5 heteroatoms. The molecule has 0 aliphatic carbocycles. The number of likely N-dealkylation sites (tertiary alicyclic amines) is 1. The van der Waals surface area contributed by atoms with Crippen molar-refractivity contribution in [1.82, 2.24) is 4.90 Å². The summed E-state index contributed by atoms with van der Waals surface area (Å²) in [5.41, 5.74) is 2.19. The molecule has 1 aliphatic heterocycles. The number of ketones is 1. The molecule has 0 radical (unpaired) electrons. The minimum atomic E-state index is -0.692. The zero-order chi connectivity index (χ0) is 20.4. The van der Waals surface area contributed by atoms with Crippen LogP contribution in [-0.2, 0) is 16.1 Å². The van der Waals surface area contributed by atoms with Crippen molar-refractivity contribution in [3.63, 3.8) is 0 Å². The van der Waals surface area contributed by atoms with Crippen LogP contribution in [0.25, 0.3) is 5.76 Å². The summed E-state index contributed by atoms with van der Waals surface area (Å²) >= 11 is 5.94. The van der Waals surface area contributed by atoms with Gasteiger partial charge in [-0.2, -0.15) is 0 Å². The Bertz CT molecular complexity index is 1080. The van der Waals surface area contributed by atoms with E-state index >= 15 is 0 Å². The van der Waals surface area contributed by atoms with Crippen LogP contribution in [0.3, 0.4) is 0 Å². The van der Waals surface area contributed by atoms with Crippen molar-refractivity contribution in [2.24, 2.45) is 0 Å². The summed E-state index contributed by atoms with van der Waals surface area (Å²) in [6.07, 6.45) is 0. The van der Waals surface area contributed by atoms with E-state index in [4.69, 9.17) is 11.6 Å². The smallest absolute Gasteiger partial charge is 0.295 e. The number of hydrogen-bond donors (Lipinski definition) is 1. The summed E-state index contributed by atoms with van der Waals surface area (Å²) in [4.78, 5) is 27.3. The summed E-state index contributed by atoms with van der Waals surface area (Å²) in [5, 5.41) is 11.5. The molecule has 144 valence electrons. The van der Waals surface area contributed by atoms with Crippen molar-refractivity contribution >= 4 is 29.1 Å². The molecular formula is C24H18ClNO3. The average Bonchev–Trinajstić information content (AvgIpc) is 3.00. The van der Waals surface area contributed by atoms with Crippen molar-refractivity contribution in [2.75, 3.05) is 0 Å². The number of rotatable bonds is 4. The van der Waals surface area contributed by atoms with E-state index in [0.29, 0.717) is 10.6 Å². The van der Waals surface area contributed by atoms with Crippen LogP contribution in [0.1, 0.15) is 22.7 Å². The monoisotopic (exact) mass is 403 g/mol. The fourth-order valence-corrected chi connectivity index (χ4v) is 3.69. The van der Waals surface area contributed by atoms with Gasteiger partial charge in [0.25, 0.3) is 11.7 Å². The van der Waals surface area contributed by atoms with Crippen LogP contribution in [0.5, 0.6) is 0 Å². The molecule has 1 amide bonds. The number of aliphatic hydroxyl groups is 1. The van der Waals surface area contributed by atoms with Gasteiger partial charge in [-0.3, -0.25) is 9.59 Å². The molecule has 4 rings (SSSR count). The predicted octanol–water partition coefficient (Wildman–Crippen LogP) is 4.96. The van der Waals surface area contributed by atoms with E-state index in [1.165, 1.54) is 4.90 Å². The van der Waals surface area contributed by atoms with Crippen molar-refractivity contribution in [1.29, 1.82) is 0 Å².